The molecule has 0 saturated carbocycles. The average Bonchev–Trinajstić information content (AvgIpc) is 3.14. The van der Waals surface area contributed by atoms with Gasteiger partial charge in [0.2, 0.25) is 0 Å². The van der Waals surface area contributed by atoms with Crippen molar-refractivity contribution in [2.45, 2.75) is 58.0 Å². The zero-order valence-electron chi connectivity index (χ0n) is 20.2. The van der Waals surface area contributed by atoms with E-state index in [-0.39, 0.29) is 6.04 Å². The monoisotopic (exact) mass is 485 g/mol. The highest BCUT2D eigenvalue weighted by Crippen LogP contribution is 2.40. The average molecular weight is 486 g/mol. The van der Waals surface area contributed by atoms with Crippen LogP contribution < -0.4 is 10.1 Å². The molecule has 3 atom stereocenters. The topological polar surface area (TPSA) is 86.8 Å². The minimum absolute atomic E-state index is 0.251. The van der Waals surface area contributed by atoms with Gasteiger partial charge in [-0.3, -0.25) is 4.90 Å². The number of aliphatic hydroxyl groups excluding tert-OH is 1. The highest BCUT2D eigenvalue weighted by molar-refractivity contribution is 6.31. The Labute approximate surface area is 205 Å². The summed E-state index contributed by atoms with van der Waals surface area (Å²) in [4.78, 5) is 17.9. The number of ether oxygens (including phenoxy) is 2. The molecule has 2 aromatic carbocycles. The first-order valence-electron chi connectivity index (χ1n) is 11.4. The van der Waals surface area contributed by atoms with Crippen LogP contribution >= 0.6 is 11.6 Å². The third-order valence-corrected chi connectivity index (χ3v) is 6.32. The third-order valence-electron chi connectivity index (χ3n) is 6.09. The van der Waals surface area contributed by atoms with Crippen LogP contribution in [0.3, 0.4) is 0 Å². The molecule has 1 aromatic heterocycles. The van der Waals surface area contributed by atoms with E-state index in [2.05, 4.69) is 10.3 Å². The van der Waals surface area contributed by atoms with Crippen LogP contribution in [0.1, 0.15) is 50.6 Å². The lowest BCUT2D eigenvalue weighted by Gasteiger charge is -2.41. The summed E-state index contributed by atoms with van der Waals surface area (Å²) < 4.78 is 10.7. The minimum atomic E-state index is -0.942. The smallest absolute Gasteiger partial charge is 0.408 e. The largest absolute Gasteiger partial charge is 0.497 e. The highest BCUT2D eigenvalue weighted by Gasteiger charge is 2.37. The van der Waals surface area contributed by atoms with Crippen LogP contribution in [0.15, 0.2) is 42.5 Å². The Bertz CT molecular complexity index is 1170. The highest BCUT2D eigenvalue weighted by atomic mass is 35.5. The molecule has 8 heteroatoms. The Morgan fingerprint density at radius 3 is 2.59 bits per heavy atom. The summed E-state index contributed by atoms with van der Waals surface area (Å²) in [6.45, 7) is 7.80. The zero-order valence-corrected chi connectivity index (χ0v) is 20.9. The number of halogens is 1. The summed E-state index contributed by atoms with van der Waals surface area (Å²) in [5.74, 6) is 0.760. The van der Waals surface area contributed by atoms with Crippen LogP contribution in [0, 0.1) is 0 Å². The van der Waals surface area contributed by atoms with Crippen molar-refractivity contribution < 1.29 is 19.4 Å². The molecule has 2 heterocycles. The summed E-state index contributed by atoms with van der Waals surface area (Å²) in [6, 6.07) is 12.9. The molecule has 0 saturated heterocycles. The van der Waals surface area contributed by atoms with Gasteiger partial charge >= 0.3 is 6.09 Å². The number of benzene rings is 2. The van der Waals surface area contributed by atoms with Crippen LogP contribution in [-0.4, -0.2) is 52.6 Å². The summed E-state index contributed by atoms with van der Waals surface area (Å²) >= 11 is 6.29. The maximum Gasteiger partial charge on any atom is 0.408 e. The lowest BCUT2D eigenvalue weighted by Crippen LogP contribution is -2.54. The van der Waals surface area contributed by atoms with Gasteiger partial charge in [0, 0.05) is 28.2 Å². The van der Waals surface area contributed by atoms with Crippen LogP contribution in [-0.2, 0) is 11.2 Å². The van der Waals surface area contributed by atoms with E-state index in [1.807, 2.05) is 68.1 Å². The van der Waals surface area contributed by atoms with E-state index in [0.29, 0.717) is 11.6 Å². The number of alkyl carbamates (subject to hydrolysis) is 1. The summed E-state index contributed by atoms with van der Waals surface area (Å²) in [6.07, 6.45) is -0.765. The third kappa shape index (κ3) is 5.02. The van der Waals surface area contributed by atoms with Gasteiger partial charge in [-0.25, -0.2) is 4.79 Å². The molecular formula is C26H32ClN3O4. The molecular weight excluding hydrogens is 454 g/mol. The van der Waals surface area contributed by atoms with Gasteiger partial charge in [0.15, 0.2) is 0 Å². The fourth-order valence-electron chi connectivity index (χ4n) is 4.56. The number of aromatic amines is 1. The van der Waals surface area contributed by atoms with E-state index < -0.39 is 24.0 Å². The second-order valence-electron chi connectivity index (χ2n) is 9.72. The SMILES string of the molecule is COc1ccc(C2c3[nH]c4ccc(Cl)cc4c3CCN2C(O)[C@H](C)NC(=O)OC(C)(C)C)cc1. The molecule has 182 valence electrons. The molecule has 3 aromatic rings. The van der Waals surface area contributed by atoms with Gasteiger partial charge in [-0.15, -0.1) is 0 Å². The quantitative estimate of drug-likeness (QED) is 0.473. The second kappa shape index (κ2) is 9.49. The number of fused-ring (bicyclic) bond motifs is 3. The molecule has 4 rings (SSSR count). The van der Waals surface area contributed by atoms with Gasteiger partial charge in [-0.2, -0.15) is 0 Å². The number of aromatic nitrogens is 1. The summed E-state index contributed by atoms with van der Waals surface area (Å²) in [5.41, 5.74) is 3.59. The van der Waals surface area contributed by atoms with Gasteiger partial charge in [-0.1, -0.05) is 23.7 Å². The van der Waals surface area contributed by atoms with Gasteiger partial charge < -0.3 is 24.9 Å². The van der Waals surface area contributed by atoms with Crippen molar-refractivity contribution >= 4 is 28.6 Å². The predicted molar refractivity (Wildman–Crippen MR) is 133 cm³/mol. The number of hydrogen-bond donors (Lipinski definition) is 3. The molecule has 1 amide bonds. The van der Waals surface area contributed by atoms with Crippen LogP contribution in [0.25, 0.3) is 10.9 Å². The van der Waals surface area contributed by atoms with Crippen LogP contribution in [0.2, 0.25) is 5.02 Å². The minimum Gasteiger partial charge on any atom is -0.497 e. The molecule has 1 aliphatic heterocycles. The first kappa shape index (κ1) is 24.4. The molecule has 0 bridgehead atoms. The van der Waals surface area contributed by atoms with Crippen LogP contribution in [0.4, 0.5) is 4.79 Å². The van der Waals surface area contributed by atoms with Crippen molar-refractivity contribution in [3.63, 3.8) is 0 Å². The fourth-order valence-corrected chi connectivity index (χ4v) is 4.74. The zero-order chi connectivity index (χ0) is 24.6. The number of carbonyl (C=O) groups is 1. The number of nitrogens with zero attached hydrogens (tertiary/aromatic N) is 1. The maximum absolute atomic E-state index is 12.3. The predicted octanol–water partition coefficient (Wildman–Crippen LogP) is 5.01. The molecule has 3 N–H and O–H groups in total. The lowest BCUT2D eigenvalue weighted by molar-refractivity contribution is -0.0440. The van der Waals surface area contributed by atoms with E-state index in [1.54, 1.807) is 14.0 Å². The Hall–Kier alpha value is -2.74. The van der Waals surface area contributed by atoms with E-state index >= 15 is 0 Å². The van der Waals surface area contributed by atoms with Crippen LogP contribution in [0.5, 0.6) is 5.75 Å². The van der Waals surface area contributed by atoms with Crippen molar-refractivity contribution in [2.75, 3.05) is 13.7 Å². The van der Waals surface area contributed by atoms with Gasteiger partial charge in [0.05, 0.1) is 19.2 Å². The fraction of sp³-hybridized carbons (Fsp3) is 0.423. The maximum atomic E-state index is 12.3. The van der Waals surface area contributed by atoms with Gasteiger partial charge in [0.1, 0.15) is 17.6 Å². The standard InChI is InChI=1S/C26H32ClN3O4/c1-15(28-25(32)34-26(2,3)4)24(31)30-13-12-19-20-14-17(27)8-11-21(20)29-22(19)23(30)16-6-9-18(33-5)10-7-16/h6-11,14-15,23-24,29,31H,12-13H2,1-5H3,(H,28,32)/t15-,23?,24?/m0/s1. The molecule has 1 aliphatic rings. The van der Waals surface area contributed by atoms with Crippen molar-refractivity contribution in [3.8, 4) is 5.75 Å². The van der Waals surface area contributed by atoms with E-state index in [0.717, 1.165) is 34.3 Å². The Morgan fingerprint density at radius 2 is 1.94 bits per heavy atom. The molecule has 7 nitrogen and oxygen atoms in total. The Balaban J connectivity index is 1.70. The molecule has 0 aliphatic carbocycles. The number of rotatable bonds is 5. The molecule has 0 spiro atoms. The van der Waals surface area contributed by atoms with Crippen molar-refractivity contribution in [2.24, 2.45) is 0 Å². The summed E-state index contributed by atoms with van der Waals surface area (Å²) in [5, 5.41) is 15.9. The number of methoxy groups -OCH3 is 1. The molecule has 34 heavy (non-hydrogen) atoms. The molecule has 2 unspecified atom stereocenters. The molecule has 0 fully saturated rings. The number of amides is 1. The van der Waals surface area contributed by atoms with Crippen molar-refractivity contribution in [1.29, 1.82) is 0 Å². The number of aliphatic hydroxyl groups is 1. The summed E-state index contributed by atoms with van der Waals surface area (Å²) in [7, 11) is 1.63. The van der Waals surface area contributed by atoms with E-state index in [4.69, 9.17) is 21.1 Å². The second-order valence-corrected chi connectivity index (χ2v) is 10.2. The number of H-pyrrole nitrogens is 1. The lowest BCUT2D eigenvalue weighted by atomic mass is 9.91. The van der Waals surface area contributed by atoms with E-state index in [1.165, 1.54) is 5.56 Å². The molecule has 0 radical (unpaired) electrons. The Morgan fingerprint density at radius 1 is 1.24 bits per heavy atom. The van der Waals surface area contributed by atoms with E-state index in [9.17, 15) is 9.90 Å². The van der Waals surface area contributed by atoms with Gasteiger partial charge in [-0.05, 0) is 75.6 Å². The Kier molecular flexibility index (Phi) is 6.80. The number of hydrogen-bond acceptors (Lipinski definition) is 5. The number of carbonyl (C=O) groups excluding carboxylic acids is 1. The number of nitrogens with one attached hydrogen (secondary N) is 2. The van der Waals surface area contributed by atoms with Crippen molar-refractivity contribution in [3.05, 3.63) is 64.3 Å². The first-order valence-corrected chi connectivity index (χ1v) is 11.8. The normalized spacial score (nSPS) is 18.3. The van der Waals surface area contributed by atoms with Gasteiger partial charge in [0.25, 0.3) is 0 Å². The first-order chi connectivity index (χ1) is 16.1. The van der Waals surface area contributed by atoms with Crippen molar-refractivity contribution in [1.82, 2.24) is 15.2 Å².